The van der Waals surface area contributed by atoms with Crippen molar-refractivity contribution in [2.45, 2.75) is 13.8 Å². The summed E-state index contributed by atoms with van der Waals surface area (Å²) in [7, 11) is 0. The Morgan fingerprint density at radius 1 is 1.10 bits per heavy atom. The van der Waals surface area contributed by atoms with Crippen molar-refractivity contribution < 1.29 is 4.39 Å². The van der Waals surface area contributed by atoms with Crippen LogP contribution in [0.25, 0.3) is 22.0 Å². The second-order valence-electron chi connectivity index (χ2n) is 4.72. The summed E-state index contributed by atoms with van der Waals surface area (Å²) in [5.41, 5.74) is 8.43. The Kier molecular flexibility index (Phi) is 2.82. The number of pyridine rings is 3. The molecule has 0 aromatic carbocycles. The first kappa shape index (κ1) is 12.5. The molecule has 3 aromatic rings. The molecule has 0 radical (unpaired) electrons. The van der Waals surface area contributed by atoms with E-state index in [2.05, 4.69) is 15.0 Å². The van der Waals surface area contributed by atoms with Crippen molar-refractivity contribution in [1.29, 1.82) is 0 Å². The Hall–Kier alpha value is -2.56. The van der Waals surface area contributed by atoms with Gasteiger partial charge in [-0.15, -0.1) is 0 Å². The van der Waals surface area contributed by atoms with Crippen molar-refractivity contribution in [3.8, 4) is 11.3 Å². The summed E-state index contributed by atoms with van der Waals surface area (Å²) in [6, 6.07) is 3.66. The number of nitrogens with two attached hydrogens (primary N) is 1. The summed E-state index contributed by atoms with van der Waals surface area (Å²) in [6.45, 7) is 3.61. The Morgan fingerprint density at radius 3 is 2.70 bits per heavy atom. The molecule has 2 N–H and O–H groups in total. The second-order valence-corrected chi connectivity index (χ2v) is 4.72. The predicted molar refractivity (Wildman–Crippen MR) is 76.6 cm³/mol. The van der Waals surface area contributed by atoms with Gasteiger partial charge >= 0.3 is 0 Å². The molecule has 0 fully saturated rings. The molecule has 100 valence electrons. The minimum absolute atomic E-state index is 0.336. The zero-order valence-corrected chi connectivity index (χ0v) is 11.2. The SMILES string of the molecule is Cc1c(F)cncc1-c1cc2cnc(N)cc2c(C)n1. The van der Waals surface area contributed by atoms with E-state index in [0.29, 0.717) is 22.6 Å². The first-order chi connectivity index (χ1) is 9.56. The van der Waals surface area contributed by atoms with E-state index in [0.717, 1.165) is 16.5 Å². The van der Waals surface area contributed by atoms with E-state index in [-0.39, 0.29) is 5.82 Å². The maximum Gasteiger partial charge on any atom is 0.145 e. The standard InChI is InChI=1S/C15H13FN4/c1-8-12(6-18-7-13(8)16)14-3-10-5-19-15(17)4-11(10)9(2)20-14/h3-7H,1-2H3,(H2,17,19). The van der Waals surface area contributed by atoms with E-state index in [1.807, 2.05) is 13.0 Å². The van der Waals surface area contributed by atoms with E-state index in [4.69, 9.17) is 5.73 Å². The molecule has 0 saturated carbocycles. The van der Waals surface area contributed by atoms with Crippen LogP contribution >= 0.6 is 0 Å². The molecule has 0 aliphatic heterocycles. The molecule has 20 heavy (non-hydrogen) atoms. The highest BCUT2D eigenvalue weighted by atomic mass is 19.1. The lowest BCUT2D eigenvalue weighted by Gasteiger charge is -2.09. The third-order valence-corrected chi connectivity index (χ3v) is 3.36. The van der Waals surface area contributed by atoms with Gasteiger partial charge in [0, 0.05) is 34.4 Å². The summed E-state index contributed by atoms with van der Waals surface area (Å²) < 4.78 is 13.6. The lowest BCUT2D eigenvalue weighted by molar-refractivity contribution is 0.612. The van der Waals surface area contributed by atoms with Crippen LogP contribution in [-0.2, 0) is 0 Å². The van der Waals surface area contributed by atoms with Crippen molar-refractivity contribution in [3.63, 3.8) is 0 Å². The van der Waals surface area contributed by atoms with Crippen LogP contribution in [0.15, 0.2) is 30.7 Å². The summed E-state index contributed by atoms with van der Waals surface area (Å²) in [5.74, 6) is 0.122. The molecule has 0 unspecified atom stereocenters. The highest BCUT2D eigenvalue weighted by Gasteiger charge is 2.10. The fraction of sp³-hybridized carbons (Fsp3) is 0.133. The number of nitrogen functional groups attached to an aromatic ring is 1. The van der Waals surface area contributed by atoms with Crippen LogP contribution in [-0.4, -0.2) is 15.0 Å². The van der Waals surface area contributed by atoms with E-state index < -0.39 is 0 Å². The fourth-order valence-corrected chi connectivity index (χ4v) is 2.23. The molecule has 0 spiro atoms. The first-order valence-corrected chi connectivity index (χ1v) is 6.19. The molecule has 4 nitrogen and oxygen atoms in total. The number of anilines is 1. The van der Waals surface area contributed by atoms with Gasteiger partial charge in [0.25, 0.3) is 0 Å². The molecule has 0 amide bonds. The zero-order chi connectivity index (χ0) is 14.3. The van der Waals surface area contributed by atoms with Crippen LogP contribution in [0.1, 0.15) is 11.3 Å². The van der Waals surface area contributed by atoms with Crippen molar-refractivity contribution in [3.05, 3.63) is 47.8 Å². The van der Waals surface area contributed by atoms with Gasteiger partial charge in [-0.2, -0.15) is 0 Å². The van der Waals surface area contributed by atoms with Gasteiger partial charge in [-0.1, -0.05) is 0 Å². The van der Waals surface area contributed by atoms with E-state index in [9.17, 15) is 4.39 Å². The lowest BCUT2D eigenvalue weighted by atomic mass is 10.0. The number of hydrogen-bond acceptors (Lipinski definition) is 4. The number of aryl methyl sites for hydroxylation is 1. The molecule has 0 bridgehead atoms. The summed E-state index contributed by atoms with van der Waals surface area (Å²) in [5, 5.41) is 1.87. The Bertz CT molecular complexity index is 814. The van der Waals surface area contributed by atoms with Gasteiger partial charge in [0.2, 0.25) is 0 Å². The minimum Gasteiger partial charge on any atom is -0.384 e. The molecular weight excluding hydrogens is 255 g/mol. The third kappa shape index (κ3) is 1.97. The largest absolute Gasteiger partial charge is 0.384 e. The maximum absolute atomic E-state index is 13.6. The Morgan fingerprint density at radius 2 is 1.90 bits per heavy atom. The van der Waals surface area contributed by atoms with Crippen LogP contribution in [0, 0.1) is 19.7 Å². The molecule has 0 atom stereocenters. The predicted octanol–water partition coefficient (Wildman–Crippen LogP) is 3.03. The van der Waals surface area contributed by atoms with Gasteiger partial charge in [0.05, 0.1) is 11.9 Å². The van der Waals surface area contributed by atoms with Crippen LogP contribution < -0.4 is 5.73 Å². The van der Waals surface area contributed by atoms with E-state index in [1.54, 1.807) is 25.4 Å². The van der Waals surface area contributed by atoms with Crippen LogP contribution in [0.4, 0.5) is 10.2 Å². The average Bonchev–Trinajstić information content (AvgIpc) is 2.42. The smallest absolute Gasteiger partial charge is 0.145 e. The van der Waals surface area contributed by atoms with Crippen LogP contribution in [0.2, 0.25) is 0 Å². The fourth-order valence-electron chi connectivity index (χ4n) is 2.23. The summed E-state index contributed by atoms with van der Waals surface area (Å²) in [4.78, 5) is 12.5. The van der Waals surface area contributed by atoms with Gasteiger partial charge < -0.3 is 5.73 Å². The summed E-state index contributed by atoms with van der Waals surface area (Å²) >= 11 is 0. The summed E-state index contributed by atoms with van der Waals surface area (Å²) in [6.07, 6.45) is 4.52. The molecule has 3 aromatic heterocycles. The van der Waals surface area contributed by atoms with Gasteiger partial charge in [0.15, 0.2) is 0 Å². The van der Waals surface area contributed by atoms with Gasteiger partial charge in [-0.25, -0.2) is 9.37 Å². The van der Waals surface area contributed by atoms with Gasteiger partial charge in [-0.3, -0.25) is 9.97 Å². The molecule has 5 heteroatoms. The van der Waals surface area contributed by atoms with Crippen molar-refractivity contribution >= 4 is 16.6 Å². The Labute approximate surface area is 115 Å². The first-order valence-electron chi connectivity index (χ1n) is 6.19. The van der Waals surface area contributed by atoms with Crippen LogP contribution in [0.3, 0.4) is 0 Å². The quantitative estimate of drug-likeness (QED) is 0.736. The number of aromatic nitrogens is 3. The topological polar surface area (TPSA) is 64.7 Å². The van der Waals surface area contributed by atoms with Gasteiger partial charge in [0.1, 0.15) is 11.6 Å². The molecular formula is C15H13FN4. The molecule has 0 aliphatic rings. The highest BCUT2D eigenvalue weighted by molar-refractivity contribution is 5.88. The normalized spacial score (nSPS) is 10.9. The van der Waals surface area contributed by atoms with Crippen molar-refractivity contribution in [2.75, 3.05) is 5.73 Å². The molecule has 0 aliphatic carbocycles. The number of rotatable bonds is 1. The van der Waals surface area contributed by atoms with Gasteiger partial charge in [-0.05, 0) is 31.5 Å². The van der Waals surface area contributed by atoms with Crippen molar-refractivity contribution in [1.82, 2.24) is 15.0 Å². The third-order valence-electron chi connectivity index (χ3n) is 3.36. The zero-order valence-electron chi connectivity index (χ0n) is 11.2. The number of nitrogens with zero attached hydrogens (tertiary/aromatic N) is 3. The number of fused-ring (bicyclic) bond motifs is 1. The second kappa shape index (κ2) is 4.52. The maximum atomic E-state index is 13.6. The molecule has 0 saturated heterocycles. The van der Waals surface area contributed by atoms with E-state index >= 15 is 0 Å². The Balaban J connectivity index is 2.28. The van der Waals surface area contributed by atoms with Crippen LogP contribution in [0.5, 0.6) is 0 Å². The average molecular weight is 268 g/mol. The highest BCUT2D eigenvalue weighted by Crippen LogP contribution is 2.27. The minimum atomic E-state index is -0.336. The monoisotopic (exact) mass is 268 g/mol. The van der Waals surface area contributed by atoms with Crippen molar-refractivity contribution in [2.24, 2.45) is 0 Å². The number of hydrogen-bond donors (Lipinski definition) is 1. The number of halogens is 1. The molecule has 3 rings (SSSR count). The van der Waals surface area contributed by atoms with E-state index in [1.165, 1.54) is 6.20 Å². The molecule has 3 heterocycles. The lowest BCUT2D eigenvalue weighted by Crippen LogP contribution is -1.96.